The molecule has 4 nitrogen and oxygen atoms in total. The molecule has 0 unspecified atom stereocenters. The van der Waals surface area contributed by atoms with Crippen LogP contribution in [0, 0.1) is 5.92 Å². The number of carbonyl (C=O) groups is 2. The maximum Gasteiger partial charge on any atom is 0.256 e. The molecule has 0 bridgehead atoms. The summed E-state index contributed by atoms with van der Waals surface area (Å²) in [7, 11) is 0. The number of hydrogen-bond donors (Lipinski definition) is 2. The molecule has 1 atom stereocenters. The number of halogens is 1. The van der Waals surface area contributed by atoms with Gasteiger partial charge in [0.05, 0.1) is 5.56 Å². The second kappa shape index (κ2) is 7.58. The van der Waals surface area contributed by atoms with Gasteiger partial charge in [-0.15, -0.1) is 11.3 Å². The van der Waals surface area contributed by atoms with E-state index in [1.807, 2.05) is 0 Å². The van der Waals surface area contributed by atoms with Gasteiger partial charge in [-0.25, -0.2) is 0 Å². The molecule has 1 aliphatic carbocycles. The van der Waals surface area contributed by atoms with E-state index in [1.165, 1.54) is 22.6 Å². The third-order valence-corrected chi connectivity index (χ3v) is 6.03. The molecule has 1 aliphatic rings. The monoisotopic (exact) mass is 376 g/mol. The number of anilines is 1. The number of benzene rings is 1. The van der Waals surface area contributed by atoms with Crippen LogP contribution in [0.1, 0.15) is 57.3 Å². The van der Waals surface area contributed by atoms with Crippen LogP contribution in [0.5, 0.6) is 0 Å². The van der Waals surface area contributed by atoms with E-state index >= 15 is 0 Å². The molecule has 1 aromatic heterocycles. The Balaban J connectivity index is 1.89. The number of primary amides is 1. The lowest BCUT2D eigenvalue weighted by Crippen LogP contribution is -2.20. The smallest absolute Gasteiger partial charge is 0.256 e. The van der Waals surface area contributed by atoms with Crippen molar-refractivity contribution < 1.29 is 9.59 Å². The third kappa shape index (κ3) is 3.88. The van der Waals surface area contributed by atoms with Crippen LogP contribution < -0.4 is 11.1 Å². The lowest BCUT2D eigenvalue weighted by molar-refractivity contribution is 0.1000. The molecule has 0 radical (unpaired) electrons. The van der Waals surface area contributed by atoms with Crippen molar-refractivity contribution in [3.8, 4) is 0 Å². The quantitative estimate of drug-likeness (QED) is 0.796. The van der Waals surface area contributed by atoms with Gasteiger partial charge in [0.15, 0.2) is 0 Å². The number of nitrogens with one attached hydrogen (secondary N) is 1. The fourth-order valence-corrected chi connectivity index (χ4v) is 5.02. The van der Waals surface area contributed by atoms with Crippen molar-refractivity contribution in [3.05, 3.63) is 50.9 Å². The molecule has 1 aromatic carbocycles. The maximum atomic E-state index is 12.5. The van der Waals surface area contributed by atoms with E-state index in [0.717, 1.165) is 31.2 Å². The standard InChI is InChI=1S/C19H21ClN2O2S/c1-2-4-11-7-8-14-15(9-11)25-19(16(14)17(21)23)22-18(24)12-5-3-6-13(20)10-12/h3,5-6,10-11H,2,4,7-9H2,1H3,(H2,21,23)(H,22,24)/t11-/m1/s1. The average Bonchev–Trinajstić information content (AvgIpc) is 2.92. The van der Waals surface area contributed by atoms with Crippen LogP contribution in [0.3, 0.4) is 0 Å². The Bertz CT molecular complexity index is 816. The zero-order valence-corrected chi connectivity index (χ0v) is 15.7. The number of hydrogen-bond acceptors (Lipinski definition) is 3. The number of carbonyl (C=O) groups excluding carboxylic acids is 2. The van der Waals surface area contributed by atoms with Crippen LogP contribution in [0.15, 0.2) is 24.3 Å². The lowest BCUT2D eigenvalue weighted by Gasteiger charge is -2.21. The molecule has 0 saturated heterocycles. The maximum absolute atomic E-state index is 12.5. The first-order chi connectivity index (χ1) is 12.0. The highest BCUT2D eigenvalue weighted by Gasteiger charge is 2.28. The molecule has 1 heterocycles. The summed E-state index contributed by atoms with van der Waals surface area (Å²) in [6.07, 6.45) is 5.22. The molecule has 132 valence electrons. The van der Waals surface area contributed by atoms with Gasteiger partial charge < -0.3 is 11.1 Å². The molecule has 2 amide bonds. The van der Waals surface area contributed by atoms with Crippen LogP contribution >= 0.6 is 22.9 Å². The highest BCUT2D eigenvalue weighted by Crippen LogP contribution is 2.40. The second-order valence-corrected chi connectivity index (χ2v) is 7.98. The van der Waals surface area contributed by atoms with Crippen molar-refractivity contribution in [2.24, 2.45) is 11.7 Å². The van der Waals surface area contributed by atoms with E-state index in [2.05, 4.69) is 12.2 Å². The van der Waals surface area contributed by atoms with Crippen molar-refractivity contribution >= 4 is 39.8 Å². The molecule has 3 N–H and O–H groups in total. The Kier molecular flexibility index (Phi) is 5.45. The predicted molar refractivity (Wildman–Crippen MR) is 103 cm³/mol. The highest BCUT2D eigenvalue weighted by molar-refractivity contribution is 7.17. The van der Waals surface area contributed by atoms with Gasteiger partial charge in [0, 0.05) is 15.5 Å². The van der Waals surface area contributed by atoms with E-state index in [0.29, 0.717) is 27.1 Å². The Labute approximate surface area is 156 Å². The molecule has 0 aliphatic heterocycles. The number of thiophene rings is 1. The highest BCUT2D eigenvalue weighted by atomic mass is 35.5. The molecule has 0 spiro atoms. The summed E-state index contributed by atoms with van der Waals surface area (Å²) in [5.74, 6) is -0.116. The van der Waals surface area contributed by atoms with E-state index in [4.69, 9.17) is 17.3 Å². The summed E-state index contributed by atoms with van der Waals surface area (Å²) in [6.45, 7) is 2.19. The Morgan fingerprint density at radius 1 is 1.40 bits per heavy atom. The van der Waals surface area contributed by atoms with Gasteiger partial charge in [0.25, 0.3) is 11.8 Å². The van der Waals surface area contributed by atoms with E-state index in [-0.39, 0.29) is 5.91 Å². The fraction of sp³-hybridized carbons (Fsp3) is 0.368. The molecular formula is C19H21ClN2O2S. The van der Waals surface area contributed by atoms with Crippen molar-refractivity contribution in [2.45, 2.75) is 39.0 Å². The van der Waals surface area contributed by atoms with Crippen LogP contribution in [-0.2, 0) is 12.8 Å². The van der Waals surface area contributed by atoms with Gasteiger partial charge in [-0.05, 0) is 48.9 Å². The van der Waals surface area contributed by atoms with Crippen molar-refractivity contribution in [1.82, 2.24) is 0 Å². The van der Waals surface area contributed by atoms with Gasteiger partial charge in [0.1, 0.15) is 5.00 Å². The van der Waals surface area contributed by atoms with E-state index < -0.39 is 5.91 Å². The molecule has 6 heteroatoms. The minimum absolute atomic E-state index is 0.284. The normalized spacial score (nSPS) is 16.3. The summed E-state index contributed by atoms with van der Waals surface area (Å²) in [5, 5.41) is 3.91. The first kappa shape index (κ1) is 18.0. The predicted octanol–water partition coefficient (Wildman–Crippen LogP) is 4.66. The van der Waals surface area contributed by atoms with Gasteiger partial charge in [0.2, 0.25) is 0 Å². The number of nitrogens with two attached hydrogens (primary N) is 1. The first-order valence-corrected chi connectivity index (χ1v) is 9.70. The Hall–Kier alpha value is -1.85. The summed E-state index contributed by atoms with van der Waals surface area (Å²) >= 11 is 7.43. The largest absolute Gasteiger partial charge is 0.365 e. The molecular weight excluding hydrogens is 356 g/mol. The van der Waals surface area contributed by atoms with Gasteiger partial charge in [-0.1, -0.05) is 37.4 Å². The first-order valence-electron chi connectivity index (χ1n) is 8.50. The van der Waals surface area contributed by atoms with Crippen LogP contribution in [-0.4, -0.2) is 11.8 Å². The third-order valence-electron chi connectivity index (χ3n) is 4.62. The minimum atomic E-state index is -0.479. The molecule has 0 saturated carbocycles. The number of rotatable bonds is 5. The van der Waals surface area contributed by atoms with Crippen molar-refractivity contribution in [1.29, 1.82) is 0 Å². The number of fused-ring (bicyclic) bond motifs is 1. The average molecular weight is 377 g/mol. The molecule has 3 rings (SSSR count). The van der Waals surface area contributed by atoms with Crippen molar-refractivity contribution in [2.75, 3.05) is 5.32 Å². The van der Waals surface area contributed by atoms with Crippen LogP contribution in [0.2, 0.25) is 5.02 Å². The topological polar surface area (TPSA) is 72.2 Å². The van der Waals surface area contributed by atoms with E-state index in [9.17, 15) is 9.59 Å². The molecule has 25 heavy (non-hydrogen) atoms. The SMILES string of the molecule is CCC[C@@H]1CCc2c(sc(NC(=O)c3cccc(Cl)c3)c2C(N)=O)C1. The zero-order chi connectivity index (χ0) is 18.0. The van der Waals surface area contributed by atoms with Crippen LogP contribution in [0.25, 0.3) is 0 Å². The number of amides is 2. The Morgan fingerprint density at radius 3 is 2.88 bits per heavy atom. The van der Waals surface area contributed by atoms with Crippen molar-refractivity contribution in [3.63, 3.8) is 0 Å². The summed E-state index contributed by atoms with van der Waals surface area (Å²) in [5.41, 5.74) is 7.56. The summed E-state index contributed by atoms with van der Waals surface area (Å²) in [4.78, 5) is 25.7. The molecule has 0 fully saturated rings. The Morgan fingerprint density at radius 2 is 2.20 bits per heavy atom. The van der Waals surface area contributed by atoms with Gasteiger partial charge in [-0.3, -0.25) is 9.59 Å². The second-order valence-electron chi connectivity index (χ2n) is 6.43. The molecule has 2 aromatic rings. The van der Waals surface area contributed by atoms with Gasteiger partial charge in [-0.2, -0.15) is 0 Å². The summed E-state index contributed by atoms with van der Waals surface area (Å²) in [6, 6.07) is 6.73. The summed E-state index contributed by atoms with van der Waals surface area (Å²) < 4.78 is 0. The van der Waals surface area contributed by atoms with Crippen LogP contribution in [0.4, 0.5) is 5.00 Å². The minimum Gasteiger partial charge on any atom is -0.365 e. The fourth-order valence-electron chi connectivity index (χ4n) is 3.46. The zero-order valence-electron chi connectivity index (χ0n) is 14.1. The van der Waals surface area contributed by atoms with E-state index in [1.54, 1.807) is 24.3 Å². The van der Waals surface area contributed by atoms with Gasteiger partial charge >= 0.3 is 0 Å². The lowest BCUT2D eigenvalue weighted by atomic mass is 9.84.